The fourth-order valence-corrected chi connectivity index (χ4v) is 5.50. The number of carbonyl (C=O) groups excluding carboxylic acids is 1. The smallest absolute Gasteiger partial charge is 0.457 e. The van der Waals surface area contributed by atoms with Crippen molar-refractivity contribution in [1.82, 2.24) is 0 Å². The predicted octanol–water partition coefficient (Wildman–Crippen LogP) is 9.47. The molecule has 0 aromatic rings. The predicted molar refractivity (Wildman–Crippen MR) is 196 cm³/mol. The van der Waals surface area contributed by atoms with Crippen LogP contribution in [0.5, 0.6) is 0 Å². The van der Waals surface area contributed by atoms with Crippen molar-refractivity contribution in [2.45, 2.75) is 154 Å². The highest BCUT2D eigenvalue weighted by Crippen LogP contribution is 2.43. The van der Waals surface area contributed by atoms with Gasteiger partial charge in [-0.15, -0.1) is 0 Å². The van der Waals surface area contributed by atoms with Crippen LogP contribution in [0.15, 0.2) is 48.6 Å². The summed E-state index contributed by atoms with van der Waals surface area (Å²) in [6.45, 7) is 3.23. The third kappa shape index (κ3) is 34.3. The summed E-state index contributed by atoms with van der Waals surface area (Å²) in [6.07, 6.45) is 36.5. The molecule has 0 heterocycles. The number of allylic oxidation sites excluding steroid dienone is 8. The van der Waals surface area contributed by atoms with Gasteiger partial charge < -0.3 is 24.6 Å². The van der Waals surface area contributed by atoms with Gasteiger partial charge in [0.25, 0.3) is 0 Å². The fraction of sp³-hybridized carbons (Fsp3) is 0.763. The number of hydrogen-bond acceptors (Lipinski definition) is 8. The van der Waals surface area contributed by atoms with E-state index in [1.165, 1.54) is 64.2 Å². The first kappa shape index (κ1) is 46.4. The minimum absolute atomic E-state index is 0.0117. The molecule has 0 aromatic carbocycles. The molecule has 0 spiro atoms. The lowest BCUT2D eigenvalue weighted by atomic mass is 10.0. The van der Waals surface area contributed by atoms with Crippen molar-refractivity contribution in [2.75, 3.05) is 33.0 Å². The maximum absolute atomic E-state index is 12.5. The topological polar surface area (TPSA) is 132 Å². The Kier molecular flexibility index (Phi) is 34.1. The van der Waals surface area contributed by atoms with Gasteiger partial charge in [-0.2, -0.15) is 0 Å². The Balaban J connectivity index is 4.34. The maximum Gasteiger partial charge on any atom is 0.472 e. The molecule has 280 valence electrons. The molecule has 10 heteroatoms. The molecule has 48 heavy (non-hydrogen) atoms. The summed E-state index contributed by atoms with van der Waals surface area (Å²) >= 11 is 0. The Morgan fingerprint density at radius 2 is 1.17 bits per heavy atom. The molecule has 9 nitrogen and oxygen atoms in total. The quantitative estimate of drug-likeness (QED) is 0.0256. The molecule has 0 saturated heterocycles. The maximum atomic E-state index is 12.5. The Hall–Kier alpha value is -1.58. The second-order valence-electron chi connectivity index (χ2n) is 12.2. The molecule has 3 atom stereocenters. The SMILES string of the molecule is CC/C=C\C/C=C\C/C=C\C/C=C\CCCOCC(COP(=O)(O)OCC(O)CO)OC(=O)CCCCCCCCCCCCCCC. The van der Waals surface area contributed by atoms with Crippen LogP contribution in [0.3, 0.4) is 0 Å². The van der Waals surface area contributed by atoms with Crippen LogP contribution in [-0.4, -0.2) is 66.3 Å². The van der Waals surface area contributed by atoms with Crippen molar-refractivity contribution in [3.8, 4) is 0 Å². The summed E-state index contributed by atoms with van der Waals surface area (Å²) in [7, 11) is -4.52. The lowest BCUT2D eigenvalue weighted by molar-refractivity contribution is -0.154. The Morgan fingerprint density at radius 1 is 0.667 bits per heavy atom. The Morgan fingerprint density at radius 3 is 1.71 bits per heavy atom. The van der Waals surface area contributed by atoms with Crippen LogP contribution in [0.1, 0.15) is 142 Å². The number of hydrogen-bond donors (Lipinski definition) is 3. The number of esters is 1. The largest absolute Gasteiger partial charge is 0.472 e. The molecule has 0 radical (unpaired) electrons. The van der Waals surface area contributed by atoms with Gasteiger partial charge in [0.05, 0.1) is 26.4 Å². The number of ether oxygens (including phenoxy) is 2. The molecule has 0 aliphatic heterocycles. The summed E-state index contributed by atoms with van der Waals surface area (Å²) in [6, 6.07) is 0. The summed E-state index contributed by atoms with van der Waals surface area (Å²) in [5.41, 5.74) is 0. The monoisotopic (exact) mass is 700 g/mol. The normalized spacial score (nSPS) is 14.9. The van der Waals surface area contributed by atoms with Crippen LogP contribution in [-0.2, 0) is 27.9 Å². The van der Waals surface area contributed by atoms with Gasteiger partial charge in [-0.05, 0) is 44.9 Å². The second-order valence-corrected chi connectivity index (χ2v) is 13.7. The highest BCUT2D eigenvalue weighted by Gasteiger charge is 2.26. The molecule has 3 unspecified atom stereocenters. The summed E-state index contributed by atoms with van der Waals surface area (Å²) in [4.78, 5) is 22.4. The number of carbonyl (C=O) groups is 1. The summed E-state index contributed by atoms with van der Waals surface area (Å²) in [5.74, 6) is -0.403. The van der Waals surface area contributed by atoms with Crippen LogP contribution in [0, 0.1) is 0 Å². The van der Waals surface area contributed by atoms with Gasteiger partial charge >= 0.3 is 13.8 Å². The standard InChI is InChI=1S/C38H69O9P/c1-3-5-7-9-11-13-15-17-19-21-23-25-27-29-31-44-34-37(35-46-48(42,43)45-33-36(40)32-39)47-38(41)30-28-26-24-22-20-18-16-14-12-10-8-6-4-2/h5,7,11,13,17,19,23,25,36-37,39-40H,3-4,6,8-10,12,14-16,18,20-22,24,26-35H2,1-2H3,(H,42,43)/b7-5-,13-11-,19-17-,25-23-. The zero-order valence-electron chi connectivity index (χ0n) is 30.2. The first-order valence-corrected chi connectivity index (χ1v) is 20.1. The van der Waals surface area contributed by atoms with E-state index in [9.17, 15) is 19.4 Å². The molecule has 0 aliphatic carbocycles. The number of aliphatic hydroxyl groups excluding tert-OH is 2. The van der Waals surface area contributed by atoms with Gasteiger partial charge in [-0.25, -0.2) is 4.57 Å². The molecule has 0 rings (SSSR count). The van der Waals surface area contributed by atoms with Crippen molar-refractivity contribution < 1.29 is 43.0 Å². The fourth-order valence-electron chi connectivity index (χ4n) is 4.71. The molecule has 3 N–H and O–H groups in total. The molecule has 0 bridgehead atoms. The van der Waals surface area contributed by atoms with Crippen LogP contribution in [0.25, 0.3) is 0 Å². The average molecular weight is 701 g/mol. The highest BCUT2D eigenvalue weighted by molar-refractivity contribution is 7.47. The van der Waals surface area contributed by atoms with E-state index in [1.807, 2.05) is 0 Å². The van der Waals surface area contributed by atoms with E-state index in [2.05, 4.69) is 62.5 Å². The minimum atomic E-state index is -4.52. The molecule has 0 fully saturated rings. The molecule has 0 aromatic heterocycles. The molecule has 0 saturated carbocycles. The minimum Gasteiger partial charge on any atom is -0.457 e. The molecule has 0 amide bonds. The molecule has 0 aliphatic rings. The van der Waals surface area contributed by atoms with E-state index in [4.69, 9.17) is 23.6 Å². The van der Waals surface area contributed by atoms with Crippen LogP contribution >= 0.6 is 7.82 Å². The number of rotatable bonds is 35. The van der Waals surface area contributed by atoms with Crippen molar-refractivity contribution >= 4 is 13.8 Å². The van der Waals surface area contributed by atoms with E-state index >= 15 is 0 Å². The van der Waals surface area contributed by atoms with E-state index in [0.29, 0.717) is 6.61 Å². The zero-order valence-corrected chi connectivity index (χ0v) is 31.1. The van der Waals surface area contributed by atoms with Gasteiger partial charge in [-0.3, -0.25) is 13.8 Å². The van der Waals surface area contributed by atoms with Crippen LogP contribution < -0.4 is 0 Å². The summed E-state index contributed by atoms with van der Waals surface area (Å²) < 4.78 is 33.1. The lowest BCUT2D eigenvalue weighted by Gasteiger charge is -2.20. The molecular weight excluding hydrogens is 631 g/mol. The lowest BCUT2D eigenvalue weighted by Crippen LogP contribution is -2.29. The summed E-state index contributed by atoms with van der Waals surface area (Å²) in [5, 5.41) is 18.3. The Bertz CT molecular complexity index is 887. The van der Waals surface area contributed by atoms with Crippen LogP contribution in [0.4, 0.5) is 0 Å². The van der Waals surface area contributed by atoms with Gasteiger partial charge in [0.1, 0.15) is 12.2 Å². The number of phosphoric acid groups is 1. The number of aliphatic hydroxyl groups is 2. The Labute approximate surface area is 292 Å². The van der Waals surface area contributed by atoms with Gasteiger partial charge in [0.2, 0.25) is 0 Å². The van der Waals surface area contributed by atoms with Crippen molar-refractivity contribution in [1.29, 1.82) is 0 Å². The van der Waals surface area contributed by atoms with Crippen LogP contribution in [0.2, 0.25) is 0 Å². The molecular formula is C38H69O9P. The first-order valence-electron chi connectivity index (χ1n) is 18.6. The van der Waals surface area contributed by atoms with Gasteiger partial charge in [0, 0.05) is 13.0 Å². The van der Waals surface area contributed by atoms with Gasteiger partial charge in [-0.1, -0.05) is 140 Å². The van der Waals surface area contributed by atoms with Gasteiger partial charge in [0.15, 0.2) is 0 Å². The second kappa shape index (κ2) is 35.3. The number of phosphoric ester groups is 1. The third-order valence-corrected chi connectivity index (χ3v) is 8.48. The van der Waals surface area contributed by atoms with E-state index in [0.717, 1.165) is 57.8 Å². The third-order valence-electron chi connectivity index (χ3n) is 7.53. The van der Waals surface area contributed by atoms with Crippen molar-refractivity contribution in [3.63, 3.8) is 0 Å². The van der Waals surface area contributed by atoms with E-state index in [-0.39, 0.29) is 13.0 Å². The average Bonchev–Trinajstić information content (AvgIpc) is 3.07. The van der Waals surface area contributed by atoms with Crippen molar-refractivity contribution in [3.05, 3.63) is 48.6 Å². The van der Waals surface area contributed by atoms with Crippen molar-refractivity contribution in [2.24, 2.45) is 0 Å². The highest BCUT2D eigenvalue weighted by atomic mass is 31.2. The zero-order chi connectivity index (χ0) is 35.4. The first-order chi connectivity index (χ1) is 23.3. The van der Waals surface area contributed by atoms with E-state index < -0.39 is 45.8 Å². The van der Waals surface area contributed by atoms with E-state index in [1.54, 1.807) is 0 Å². The number of unbranched alkanes of at least 4 members (excludes halogenated alkanes) is 13.